The first-order valence-corrected chi connectivity index (χ1v) is 7.60. The van der Waals surface area contributed by atoms with Crippen LogP contribution < -0.4 is 0 Å². The Hall–Kier alpha value is -2.09. The Kier molecular flexibility index (Phi) is 3.54. The molecule has 2 unspecified atom stereocenters. The number of imidazole rings is 1. The van der Waals surface area contributed by atoms with Crippen LogP contribution in [-0.2, 0) is 11.8 Å². The monoisotopic (exact) mass is 278 g/mol. The number of aryl methyl sites for hydroxylation is 1. The zero-order chi connectivity index (χ0) is 14.9. The molecular weight excluding hydrogens is 256 g/mol. The predicted octanol–water partition coefficient (Wildman–Crippen LogP) is 4.53. The second-order valence-electron chi connectivity index (χ2n) is 5.94. The van der Waals surface area contributed by atoms with Crippen molar-refractivity contribution in [2.45, 2.75) is 38.5 Å². The molecule has 1 aromatic carbocycles. The minimum absolute atomic E-state index is 0.0567. The van der Waals surface area contributed by atoms with Gasteiger partial charge in [-0.3, -0.25) is 0 Å². The Bertz CT molecular complexity index is 662. The molecule has 0 bridgehead atoms. The molecule has 1 aliphatic carbocycles. The highest BCUT2D eigenvalue weighted by molar-refractivity contribution is 5.46. The van der Waals surface area contributed by atoms with E-state index in [1.165, 1.54) is 16.7 Å². The van der Waals surface area contributed by atoms with E-state index < -0.39 is 0 Å². The molecule has 3 rings (SSSR count). The summed E-state index contributed by atoms with van der Waals surface area (Å²) in [4.78, 5) is 7.78. The summed E-state index contributed by atoms with van der Waals surface area (Å²) in [5, 5.41) is 0. The number of allylic oxidation sites excluding steroid dienone is 4. The minimum Gasteiger partial charge on any atom is -0.348 e. The molecule has 0 spiro atoms. The molecule has 2 nitrogen and oxygen atoms in total. The smallest absolute Gasteiger partial charge is 0.114 e. The van der Waals surface area contributed by atoms with Crippen molar-refractivity contribution in [3.05, 3.63) is 77.4 Å². The molecule has 0 aliphatic heterocycles. The fraction of sp³-hybridized carbons (Fsp3) is 0.316. The van der Waals surface area contributed by atoms with E-state index in [9.17, 15) is 0 Å². The van der Waals surface area contributed by atoms with E-state index in [1.807, 2.05) is 12.4 Å². The van der Waals surface area contributed by atoms with Crippen molar-refractivity contribution in [1.82, 2.24) is 9.97 Å². The van der Waals surface area contributed by atoms with Crippen LogP contribution in [-0.4, -0.2) is 9.97 Å². The number of H-pyrrole nitrogens is 1. The second kappa shape index (κ2) is 5.36. The molecular formula is C19H22N2. The molecule has 0 radical (unpaired) electrons. The van der Waals surface area contributed by atoms with Crippen LogP contribution >= 0.6 is 0 Å². The normalized spacial score (nSPS) is 24.9. The minimum atomic E-state index is -0.0567. The highest BCUT2D eigenvalue weighted by atomic mass is 14.9. The van der Waals surface area contributed by atoms with E-state index in [1.54, 1.807) is 0 Å². The average Bonchev–Trinajstić information content (AvgIpc) is 3.04. The summed E-state index contributed by atoms with van der Waals surface area (Å²) in [6.45, 7) is 6.72. The van der Waals surface area contributed by atoms with Gasteiger partial charge in [0.15, 0.2) is 0 Å². The quantitative estimate of drug-likeness (QED) is 0.878. The van der Waals surface area contributed by atoms with Crippen LogP contribution in [0.3, 0.4) is 0 Å². The highest BCUT2D eigenvalue weighted by Gasteiger charge is 2.39. The summed E-state index contributed by atoms with van der Waals surface area (Å²) in [6.07, 6.45) is 11.4. The predicted molar refractivity (Wildman–Crippen MR) is 87.4 cm³/mol. The Morgan fingerprint density at radius 2 is 2.00 bits per heavy atom. The third kappa shape index (κ3) is 2.25. The fourth-order valence-corrected chi connectivity index (χ4v) is 3.23. The number of aromatic nitrogens is 2. The zero-order valence-corrected chi connectivity index (χ0v) is 12.9. The molecule has 0 amide bonds. The van der Waals surface area contributed by atoms with E-state index in [0.29, 0.717) is 0 Å². The molecule has 108 valence electrons. The van der Waals surface area contributed by atoms with E-state index >= 15 is 0 Å². The van der Waals surface area contributed by atoms with Crippen LogP contribution in [0.4, 0.5) is 0 Å². The summed E-state index contributed by atoms with van der Waals surface area (Å²) in [6, 6.07) is 9.02. The Labute approximate surface area is 126 Å². The first-order chi connectivity index (χ1) is 10.2. The van der Waals surface area contributed by atoms with Crippen molar-refractivity contribution in [2.75, 3.05) is 0 Å². The number of nitrogens with zero attached hydrogens (tertiary/aromatic N) is 1. The lowest BCUT2D eigenvalue weighted by Crippen LogP contribution is -2.33. The van der Waals surface area contributed by atoms with Crippen LogP contribution in [0.15, 0.2) is 60.5 Å². The molecule has 1 aromatic heterocycles. The zero-order valence-electron chi connectivity index (χ0n) is 12.9. The van der Waals surface area contributed by atoms with E-state index in [4.69, 9.17) is 0 Å². The summed E-state index contributed by atoms with van der Waals surface area (Å²) >= 11 is 0. The molecule has 2 heteroatoms. The van der Waals surface area contributed by atoms with Crippen molar-refractivity contribution in [2.24, 2.45) is 0 Å². The van der Waals surface area contributed by atoms with Gasteiger partial charge in [-0.1, -0.05) is 61.9 Å². The third-order valence-corrected chi connectivity index (χ3v) is 4.87. The number of benzene rings is 1. The van der Waals surface area contributed by atoms with E-state index in [-0.39, 0.29) is 11.3 Å². The van der Waals surface area contributed by atoms with Crippen molar-refractivity contribution in [3.63, 3.8) is 0 Å². The Morgan fingerprint density at radius 1 is 1.24 bits per heavy atom. The third-order valence-electron chi connectivity index (χ3n) is 4.87. The summed E-state index contributed by atoms with van der Waals surface area (Å²) in [7, 11) is 0. The molecule has 1 N–H and O–H groups in total. The van der Waals surface area contributed by atoms with Gasteiger partial charge in [0.1, 0.15) is 5.82 Å². The van der Waals surface area contributed by atoms with Gasteiger partial charge in [-0.25, -0.2) is 4.98 Å². The number of hydrogen-bond donors (Lipinski definition) is 1. The summed E-state index contributed by atoms with van der Waals surface area (Å²) in [5.41, 5.74) is 4.04. The van der Waals surface area contributed by atoms with Gasteiger partial charge in [-0.15, -0.1) is 0 Å². The molecule has 1 heterocycles. The van der Waals surface area contributed by atoms with Gasteiger partial charge in [0.05, 0.1) is 0 Å². The Morgan fingerprint density at radius 3 is 2.62 bits per heavy atom. The summed E-state index contributed by atoms with van der Waals surface area (Å²) in [5.74, 6) is 1.27. The van der Waals surface area contributed by atoms with Crippen LogP contribution in [0.25, 0.3) is 0 Å². The number of nitrogens with one attached hydrogen (secondary N) is 1. The van der Waals surface area contributed by atoms with Crippen LogP contribution in [0.2, 0.25) is 0 Å². The van der Waals surface area contributed by atoms with Gasteiger partial charge in [-0.05, 0) is 24.5 Å². The van der Waals surface area contributed by atoms with Crippen LogP contribution in [0.5, 0.6) is 0 Å². The largest absolute Gasteiger partial charge is 0.348 e. The molecule has 21 heavy (non-hydrogen) atoms. The molecule has 2 atom stereocenters. The SMILES string of the molecule is CCc1ccc(C2(C)C(C)=CC=CC2c2ncc[nH]2)cc1. The maximum atomic E-state index is 4.50. The second-order valence-corrected chi connectivity index (χ2v) is 5.94. The van der Waals surface area contributed by atoms with Gasteiger partial charge in [0.2, 0.25) is 0 Å². The van der Waals surface area contributed by atoms with Gasteiger partial charge < -0.3 is 4.98 Å². The van der Waals surface area contributed by atoms with Crippen molar-refractivity contribution < 1.29 is 0 Å². The van der Waals surface area contributed by atoms with Crippen molar-refractivity contribution in [1.29, 1.82) is 0 Å². The van der Waals surface area contributed by atoms with E-state index in [0.717, 1.165) is 12.2 Å². The standard InChI is InChI=1S/C19H22N2/c1-4-15-8-10-16(11-9-15)19(3)14(2)6-5-7-17(19)18-20-12-13-21-18/h5-13,17H,4H2,1-3H3,(H,20,21). The molecule has 0 saturated heterocycles. The van der Waals surface area contributed by atoms with Gasteiger partial charge in [0, 0.05) is 23.7 Å². The number of aromatic amines is 1. The maximum absolute atomic E-state index is 4.50. The molecule has 0 saturated carbocycles. The lowest BCUT2D eigenvalue weighted by Gasteiger charge is -2.39. The lowest BCUT2D eigenvalue weighted by atomic mass is 9.65. The topological polar surface area (TPSA) is 28.7 Å². The first kappa shape index (κ1) is 13.9. The van der Waals surface area contributed by atoms with Gasteiger partial charge >= 0.3 is 0 Å². The van der Waals surface area contributed by atoms with Gasteiger partial charge in [-0.2, -0.15) is 0 Å². The fourth-order valence-electron chi connectivity index (χ4n) is 3.23. The molecule has 1 aliphatic rings. The van der Waals surface area contributed by atoms with Crippen molar-refractivity contribution in [3.8, 4) is 0 Å². The highest BCUT2D eigenvalue weighted by Crippen LogP contribution is 2.46. The number of rotatable bonds is 3. The molecule has 2 aromatic rings. The summed E-state index contributed by atoms with van der Waals surface area (Å²) < 4.78 is 0. The van der Waals surface area contributed by atoms with Crippen LogP contribution in [0.1, 0.15) is 43.6 Å². The lowest BCUT2D eigenvalue weighted by molar-refractivity contribution is 0.477. The molecule has 0 fully saturated rings. The average molecular weight is 278 g/mol. The number of hydrogen-bond acceptors (Lipinski definition) is 1. The Balaban J connectivity index is 2.09. The van der Waals surface area contributed by atoms with Crippen LogP contribution in [0, 0.1) is 0 Å². The maximum Gasteiger partial charge on any atom is 0.114 e. The van der Waals surface area contributed by atoms with Gasteiger partial charge in [0.25, 0.3) is 0 Å². The van der Waals surface area contributed by atoms with E-state index in [2.05, 4.69) is 73.2 Å². The first-order valence-electron chi connectivity index (χ1n) is 7.60. The van der Waals surface area contributed by atoms with Crippen molar-refractivity contribution >= 4 is 0 Å².